The maximum atomic E-state index is 13.0. The molecule has 0 aromatic heterocycles. The van der Waals surface area contributed by atoms with Crippen molar-refractivity contribution in [2.45, 2.75) is 342 Å². The van der Waals surface area contributed by atoms with E-state index in [4.69, 9.17) is 37.0 Å². The molecule has 0 heterocycles. The molecule has 17 nitrogen and oxygen atoms in total. The fourth-order valence-electron chi connectivity index (χ4n) is 9.71. The molecule has 5 atom stereocenters. The normalized spacial score (nSPS) is 14.3. The highest BCUT2D eigenvalue weighted by Gasteiger charge is 2.30. The molecule has 2 unspecified atom stereocenters. The predicted molar refractivity (Wildman–Crippen MR) is 335 cm³/mol. The van der Waals surface area contributed by atoms with E-state index in [-0.39, 0.29) is 25.7 Å². The van der Waals surface area contributed by atoms with Crippen molar-refractivity contribution in [3.05, 3.63) is 0 Å². The Labute approximate surface area is 511 Å². The Morgan fingerprint density at radius 3 is 0.810 bits per heavy atom. The summed E-state index contributed by atoms with van der Waals surface area (Å²) in [7, 11) is -9.89. The molecular formula is C65H126O17P2. The van der Waals surface area contributed by atoms with E-state index in [0.29, 0.717) is 31.6 Å². The summed E-state index contributed by atoms with van der Waals surface area (Å²) in [4.78, 5) is 72.2. The Hall–Kier alpha value is -1.94. The number of phosphoric ester groups is 2. The number of ether oxygens (including phenoxy) is 4. The van der Waals surface area contributed by atoms with Gasteiger partial charge in [-0.2, -0.15) is 0 Å². The van der Waals surface area contributed by atoms with Gasteiger partial charge in [0, 0.05) is 25.7 Å². The molecular weight excluding hydrogens is 1110 g/mol. The molecule has 498 valence electrons. The average Bonchev–Trinajstić information content (AvgIpc) is 3.66. The number of esters is 4. The number of carbonyl (C=O) groups is 4. The molecule has 0 saturated heterocycles. The van der Waals surface area contributed by atoms with E-state index in [2.05, 4.69) is 41.5 Å². The second-order valence-corrected chi connectivity index (χ2v) is 27.4. The first-order valence-corrected chi connectivity index (χ1v) is 37.0. The van der Waals surface area contributed by atoms with E-state index in [1.807, 2.05) is 0 Å². The third-order valence-corrected chi connectivity index (χ3v) is 16.9. The number of carbonyl (C=O) groups excluding carboxylic acids is 4. The molecule has 0 radical (unpaired) electrons. The Bertz CT molecular complexity index is 1650. The van der Waals surface area contributed by atoms with Crippen LogP contribution in [0, 0.1) is 11.8 Å². The van der Waals surface area contributed by atoms with Crippen molar-refractivity contribution in [3.8, 4) is 0 Å². The van der Waals surface area contributed by atoms with Gasteiger partial charge in [-0.05, 0) is 37.5 Å². The van der Waals surface area contributed by atoms with Gasteiger partial charge in [0.05, 0.1) is 26.4 Å². The van der Waals surface area contributed by atoms with Crippen molar-refractivity contribution in [1.82, 2.24) is 0 Å². The predicted octanol–water partition coefficient (Wildman–Crippen LogP) is 18.0. The fraction of sp³-hybridized carbons (Fsp3) is 0.938. The van der Waals surface area contributed by atoms with E-state index in [9.17, 15) is 43.2 Å². The van der Waals surface area contributed by atoms with Crippen molar-refractivity contribution in [2.75, 3.05) is 39.6 Å². The van der Waals surface area contributed by atoms with Gasteiger partial charge in [-0.1, -0.05) is 273 Å². The van der Waals surface area contributed by atoms with Crippen LogP contribution in [0.3, 0.4) is 0 Å². The molecule has 0 fully saturated rings. The number of aliphatic hydroxyl groups is 1. The van der Waals surface area contributed by atoms with Crippen LogP contribution in [0.5, 0.6) is 0 Å². The topological polar surface area (TPSA) is 237 Å². The largest absolute Gasteiger partial charge is 0.472 e. The number of unbranched alkanes of at least 4 members (excludes halogenated alkanes) is 34. The molecule has 0 aliphatic carbocycles. The molecule has 0 aliphatic rings. The number of phosphoric acid groups is 2. The highest BCUT2D eigenvalue weighted by atomic mass is 31.2. The van der Waals surface area contributed by atoms with Crippen molar-refractivity contribution in [3.63, 3.8) is 0 Å². The standard InChI is InChI=1S/C65H126O17P2/c1-7-9-11-13-15-17-18-19-20-21-25-30-37-43-49-64(69)81-60(53-76-63(68)48-42-36-29-26-22-24-27-33-39-45-57(3)4)55-79-83(71,72)77-51-59(66)52-78-84(73,74)80-56-61(82-65(70)50-44-38-32-31-34-40-46-58(5)6)54-75-62(67)47-41-35-28-23-16-14-12-10-8-2/h57-61,66H,7-56H2,1-6H3,(H,71,72)(H,73,74)/t59-,60-,61-/m1/s1. The first-order valence-electron chi connectivity index (χ1n) is 34.0. The van der Waals surface area contributed by atoms with Crippen LogP contribution in [0.2, 0.25) is 0 Å². The highest BCUT2D eigenvalue weighted by Crippen LogP contribution is 2.45. The molecule has 0 amide bonds. The van der Waals surface area contributed by atoms with Gasteiger partial charge in [0.1, 0.15) is 19.3 Å². The van der Waals surface area contributed by atoms with Gasteiger partial charge in [-0.25, -0.2) is 9.13 Å². The summed E-state index contributed by atoms with van der Waals surface area (Å²) in [6.07, 6.45) is 40.4. The molecule has 0 aromatic rings. The lowest BCUT2D eigenvalue weighted by atomic mass is 10.0. The molecule has 0 aromatic carbocycles. The van der Waals surface area contributed by atoms with E-state index in [1.54, 1.807) is 0 Å². The quantitative estimate of drug-likeness (QED) is 0.0222. The summed E-state index contributed by atoms with van der Waals surface area (Å²) < 4.78 is 68.0. The highest BCUT2D eigenvalue weighted by molar-refractivity contribution is 7.47. The van der Waals surface area contributed by atoms with E-state index in [1.165, 1.54) is 141 Å². The maximum absolute atomic E-state index is 13.0. The Morgan fingerprint density at radius 2 is 0.548 bits per heavy atom. The van der Waals surface area contributed by atoms with Crippen molar-refractivity contribution >= 4 is 39.5 Å². The number of aliphatic hydroxyl groups excluding tert-OH is 1. The van der Waals surface area contributed by atoms with Gasteiger partial charge in [-0.3, -0.25) is 37.3 Å². The summed E-state index contributed by atoms with van der Waals surface area (Å²) in [5, 5.41) is 10.5. The Balaban J connectivity index is 5.23. The Morgan fingerprint density at radius 1 is 0.321 bits per heavy atom. The smallest absolute Gasteiger partial charge is 0.462 e. The van der Waals surface area contributed by atoms with Crippen LogP contribution in [0.1, 0.15) is 324 Å². The van der Waals surface area contributed by atoms with Crippen LogP contribution in [-0.2, 0) is 65.4 Å². The molecule has 0 bridgehead atoms. The van der Waals surface area contributed by atoms with Crippen LogP contribution >= 0.6 is 15.6 Å². The first-order chi connectivity index (χ1) is 40.4. The van der Waals surface area contributed by atoms with Crippen molar-refractivity contribution < 1.29 is 80.2 Å². The SMILES string of the molecule is CCCCCCCCCCCCCCCCC(=O)O[C@H](COC(=O)CCCCCCCCCCCC(C)C)COP(=O)(O)OC[C@@H](O)COP(=O)(O)OC[C@@H](COC(=O)CCCCCCCCCCC)OC(=O)CCCCCCCCC(C)C. The lowest BCUT2D eigenvalue weighted by Crippen LogP contribution is -2.30. The van der Waals surface area contributed by atoms with Crippen LogP contribution in [0.25, 0.3) is 0 Å². The summed E-state index contributed by atoms with van der Waals surface area (Å²) in [5.41, 5.74) is 0. The summed E-state index contributed by atoms with van der Waals surface area (Å²) in [6.45, 7) is 9.38. The van der Waals surface area contributed by atoms with Gasteiger partial charge in [-0.15, -0.1) is 0 Å². The third-order valence-electron chi connectivity index (χ3n) is 15.0. The lowest BCUT2D eigenvalue weighted by Gasteiger charge is -2.21. The summed E-state index contributed by atoms with van der Waals surface area (Å²) in [5.74, 6) is -0.722. The van der Waals surface area contributed by atoms with Gasteiger partial charge < -0.3 is 33.8 Å². The minimum atomic E-state index is -4.95. The van der Waals surface area contributed by atoms with Crippen LogP contribution in [-0.4, -0.2) is 96.7 Å². The molecule has 0 rings (SSSR count). The number of hydrogen-bond acceptors (Lipinski definition) is 15. The molecule has 0 aliphatic heterocycles. The van der Waals surface area contributed by atoms with E-state index >= 15 is 0 Å². The van der Waals surface area contributed by atoms with E-state index < -0.39 is 97.5 Å². The number of rotatable bonds is 64. The fourth-order valence-corrected chi connectivity index (χ4v) is 11.3. The van der Waals surface area contributed by atoms with Crippen LogP contribution < -0.4 is 0 Å². The molecule has 0 saturated carbocycles. The lowest BCUT2D eigenvalue weighted by molar-refractivity contribution is -0.161. The molecule has 84 heavy (non-hydrogen) atoms. The number of hydrogen-bond donors (Lipinski definition) is 3. The average molecular weight is 1240 g/mol. The monoisotopic (exact) mass is 1240 g/mol. The second kappa shape index (κ2) is 57.5. The maximum Gasteiger partial charge on any atom is 0.472 e. The second-order valence-electron chi connectivity index (χ2n) is 24.5. The zero-order valence-corrected chi connectivity index (χ0v) is 56.0. The third kappa shape index (κ3) is 59.0. The molecule has 19 heteroatoms. The van der Waals surface area contributed by atoms with Crippen molar-refractivity contribution in [2.24, 2.45) is 11.8 Å². The zero-order valence-electron chi connectivity index (χ0n) is 54.2. The van der Waals surface area contributed by atoms with Gasteiger partial charge in [0.15, 0.2) is 12.2 Å². The minimum absolute atomic E-state index is 0.102. The molecule has 3 N–H and O–H groups in total. The van der Waals surface area contributed by atoms with Gasteiger partial charge >= 0.3 is 39.5 Å². The van der Waals surface area contributed by atoms with Crippen LogP contribution in [0.15, 0.2) is 0 Å². The molecule has 0 spiro atoms. The Kier molecular flexibility index (Phi) is 56.2. The van der Waals surface area contributed by atoms with Gasteiger partial charge in [0.25, 0.3) is 0 Å². The summed E-state index contributed by atoms with van der Waals surface area (Å²) >= 11 is 0. The minimum Gasteiger partial charge on any atom is -0.462 e. The van der Waals surface area contributed by atoms with E-state index in [0.717, 1.165) is 95.8 Å². The van der Waals surface area contributed by atoms with Crippen LogP contribution in [0.4, 0.5) is 0 Å². The first kappa shape index (κ1) is 82.1. The summed E-state index contributed by atoms with van der Waals surface area (Å²) in [6, 6.07) is 0. The zero-order chi connectivity index (χ0) is 62.2. The van der Waals surface area contributed by atoms with Crippen molar-refractivity contribution in [1.29, 1.82) is 0 Å². The van der Waals surface area contributed by atoms with Gasteiger partial charge in [0.2, 0.25) is 0 Å².